The number of benzene rings is 2. The van der Waals surface area contributed by atoms with Crippen LogP contribution in [0.3, 0.4) is 0 Å². The summed E-state index contributed by atoms with van der Waals surface area (Å²) in [5.74, 6) is 0.864. The third-order valence-electron chi connectivity index (χ3n) is 6.00. The molecule has 7 heteroatoms. The molecular formula is C24H29N3O4. The second-order valence-electron chi connectivity index (χ2n) is 8.13. The third kappa shape index (κ3) is 4.82. The highest BCUT2D eigenvalue weighted by molar-refractivity contribution is 5.98. The highest BCUT2D eigenvalue weighted by Gasteiger charge is 2.31. The lowest BCUT2D eigenvalue weighted by Gasteiger charge is -2.29. The van der Waals surface area contributed by atoms with Crippen molar-refractivity contribution in [1.29, 1.82) is 0 Å². The molecule has 2 aliphatic rings. The average molecular weight is 424 g/mol. The van der Waals surface area contributed by atoms with Crippen LogP contribution in [0.1, 0.15) is 31.4 Å². The maximum absolute atomic E-state index is 13.1. The second kappa shape index (κ2) is 9.39. The van der Waals surface area contributed by atoms with Crippen LogP contribution in [0.15, 0.2) is 42.5 Å². The zero-order chi connectivity index (χ0) is 21.8. The van der Waals surface area contributed by atoms with Crippen molar-refractivity contribution in [3.63, 3.8) is 0 Å². The number of carbonyl (C=O) groups is 2. The van der Waals surface area contributed by atoms with Gasteiger partial charge in [-0.05, 0) is 35.6 Å². The van der Waals surface area contributed by atoms with Crippen LogP contribution < -0.4 is 25.4 Å². The Kier molecular flexibility index (Phi) is 6.42. The standard InChI is InChI=1S/C24H29N3O4/c1-3-15(2)22(24(29)26-18-8-9-20-21(13-18)31-11-10-30-20)27-23(28)19-12-16-6-4-5-7-17(16)14-25-19/h4-9,13,15,19,22,25H,3,10-12,14H2,1-2H3,(H,26,29)(H,27,28)/t15?,19-,22-/m0/s1. The molecule has 3 N–H and O–H groups in total. The van der Waals surface area contributed by atoms with Crippen LogP contribution in [0, 0.1) is 5.92 Å². The summed E-state index contributed by atoms with van der Waals surface area (Å²) in [5, 5.41) is 9.19. The van der Waals surface area contributed by atoms with Crippen molar-refractivity contribution >= 4 is 17.5 Å². The molecular weight excluding hydrogens is 394 g/mol. The fraction of sp³-hybridized carbons (Fsp3) is 0.417. The van der Waals surface area contributed by atoms with Gasteiger partial charge >= 0.3 is 0 Å². The fourth-order valence-corrected chi connectivity index (χ4v) is 3.94. The molecule has 2 amide bonds. The number of rotatable bonds is 6. The number of fused-ring (bicyclic) bond motifs is 2. The first-order valence-electron chi connectivity index (χ1n) is 10.9. The van der Waals surface area contributed by atoms with Gasteiger partial charge in [0.15, 0.2) is 11.5 Å². The van der Waals surface area contributed by atoms with Gasteiger partial charge in [0.2, 0.25) is 11.8 Å². The van der Waals surface area contributed by atoms with Crippen molar-refractivity contribution in [2.24, 2.45) is 5.92 Å². The highest BCUT2D eigenvalue weighted by Crippen LogP contribution is 2.32. The van der Waals surface area contributed by atoms with Crippen LogP contribution in [0.5, 0.6) is 11.5 Å². The molecule has 164 valence electrons. The van der Waals surface area contributed by atoms with E-state index in [-0.39, 0.29) is 23.8 Å². The van der Waals surface area contributed by atoms with Crippen LogP contribution >= 0.6 is 0 Å². The van der Waals surface area contributed by atoms with Crippen LogP contribution in [-0.2, 0) is 22.6 Å². The number of hydrogen-bond donors (Lipinski definition) is 3. The number of amides is 2. The van der Waals surface area contributed by atoms with Gasteiger partial charge < -0.3 is 25.4 Å². The quantitative estimate of drug-likeness (QED) is 0.665. The fourth-order valence-electron chi connectivity index (χ4n) is 3.94. The number of hydrogen-bond acceptors (Lipinski definition) is 5. The molecule has 2 aromatic carbocycles. The minimum absolute atomic E-state index is 0.0166. The Morgan fingerprint density at radius 2 is 1.84 bits per heavy atom. The van der Waals surface area contributed by atoms with E-state index in [0.717, 1.165) is 6.42 Å². The van der Waals surface area contributed by atoms with Crippen molar-refractivity contribution in [3.05, 3.63) is 53.6 Å². The summed E-state index contributed by atoms with van der Waals surface area (Å²) in [6.45, 7) is 5.62. The van der Waals surface area contributed by atoms with Crippen LogP contribution in [0.2, 0.25) is 0 Å². The first-order chi connectivity index (χ1) is 15.0. The van der Waals surface area contributed by atoms with E-state index >= 15 is 0 Å². The molecule has 0 saturated carbocycles. The van der Waals surface area contributed by atoms with Crippen LogP contribution in [-0.4, -0.2) is 37.1 Å². The summed E-state index contributed by atoms with van der Waals surface area (Å²) in [6.07, 6.45) is 1.37. The molecule has 2 aromatic rings. The maximum atomic E-state index is 13.1. The Labute approximate surface area is 182 Å². The van der Waals surface area contributed by atoms with Crippen molar-refractivity contribution in [3.8, 4) is 11.5 Å². The Morgan fingerprint density at radius 3 is 2.61 bits per heavy atom. The number of carbonyl (C=O) groups excluding carboxylic acids is 2. The van der Waals surface area contributed by atoms with Gasteiger partial charge in [-0.15, -0.1) is 0 Å². The summed E-state index contributed by atoms with van der Waals surface area (Å²) < 4.78 is 11.1. The van der Waals surface area contributed by atoms with Crippen LogP contribution in [0.25, 0.3) is 0 Å². The monoisotopic (exact) mass is 423 g/mol. The SMILES string of the molecule is CCC(C)[C@H](NC(=O)[C@@H]1Cc2ccccc2CN1)C(=O)Nc1ccc2c(c1)OCCO2. The van der Waals surface area contributed by atoms with E-state index in [1.54, 1.807) is 18.2 Å². The molecule has 4 rings (SSSR count). The predicted octanol–water partition coefficient (Wildman–Crippen LogP) is 2.64. The van der Waals surface area contributed by atoms with Crippen molar-refractivity contribution in [1.82, 2.24) is 10.6 Å². The van der Waals surface area contributed by atoms with Gasteiger partial charge in [-0.25, -0.2) is 0 Å². The number of ether oxygens (including phenoxy) is 2. The molecule has 0 bridgehead atoms. The van der Waals surface area contributed by atoms with E-state index < -0.39 is 6.04 Å². The van der Waals surface area contributed by atoms with Gasteiger partial charge in [-0.3, -0.25) is 9.59 Å². The zero-order valence-electron chi connectivity index (χ0n) is 17.9. The molecule has 3 atom stereocenters. The molecule has 0 fully saturated rings. The molecule has 31 heavy (non-hydrogen) atoms. The van der Waals surface area contributed by atoms with Gasteiger partial charge in [0, 0.05) is 18.3 Å². The van der Waals surface area contributed by atoms with Gasteiger partial charge in [0.25, 0.3) is 0 Å². The van der Waals surface area contributed by atoms with E-state index in [1.165, 1.54) is 11.1 Å². The molecule has 7 nitrogen and oxygen atoms in total. The smallest absolute Gasteiger partial charge is 0.247 e. The molecule has 1 unspecified atom stereocenters. The molecule has 2 aliphatic heterocycles. The number of anilines is 1. The summed E-state index contributed by atoms with van der Waals surface area (Å²) >= 11 is 0. The van der Waals surface area contributed by atoms with Crippen molar-refractivity contribution < 1.29 is 19.1 Å². The molecule has 2 heterocycles. The van der Waals surface area contributed by atoms with Gasteiger partial charge in [-0.1, -0.05) is 44.5 Å². The van der Waals surface area contributed by atoms with Crippen molar-refractivity contribution in [2.75, 3.05) is 18.5 Å². The predicted molar refractivity (Wildman–Crippen MR) is 118 cm³/mol. The Balaban J connectivity index is 1.43. The molecule has 0 aliphatic carbocycles. The highest BCUT2D eigenvalue weighted by atomic mass is 16.6. The van der Waals surface area contributed by atoms with Crippen LogP contribution in [0.4, 0.5) is 5.69 Å². The minimum atomic E-state index is -0.635. The molecule has 0 aromatic heterocycles. The zero-order valence-corrected chi connectivity index (χ0v) is 17.9. The lowest BCUT2D eigenvalue weighted by atomic mass is 9.94. The first-order valence-corrected chi connectivity index (χ1v) is 10.9. The third-order valence-corrected chi connectivity index (χ3v) is 6.00. The summed E-state index contributed by atoms with van der Waals surface area (Å²) in [4.78, 5) is 26.1. The Bertz CT molecular complexity index is 962. The van der Waals surface area contributed by atoms with Gasteiger partial charge in [-0.2, -0.15) is 0 Å². The molecule has 0 saturated heterocycles. The maximum Gasteiger partial charge on any atom is 0.247 e. The van der Waals surface area contributed by atoms with Gasteiger partial charge in [0.05, 0.1) is 6.04 Å². The molecule has 0 spiro atoms. The largest absolute Gasteiger partial charge is 0.486 e. The number of nitrogens with one attached hydrogen (secondary N) is 3. The first kappa shape index (κ1) is 21.2. The summed E-state index contributed by atoms with van der Waals surface area (Å²) in [5.41, 5.74) is 2.99. The second-order valence-corrected chi connectivity index (χ2v) is 8.13. The Hall–Kier alpha value is -3.06. The lowest BCUT2D eigenvalue weighted by molar-refractivity contribution is -0.129. The lowest BCUT2D eigenvalue weighted by Crippen LogP contribution is -2.55. The molecule has 0 radical (unpaired) electrons. The van der Waals surface area contributed by atoms with Crippen molar-refractivity contribution in [2.45, 2.75) is 45.3 Å². The van der Waals surface area contributed by atoms with E-state index in [2.05, 4.69) is 28.1 Å². The van der Waals surface area contributed by atoms with Gasteiger partial charge in [0.1, 0.15) is 19.3 Å². The Morgan fingerprint density at radius 1 is 1.10 bits per heavy atom. The van der Waals surface area contributed by atoms with E-state index in [0.29, 0.717) is 43.4 Å². The average Bonchev–Trinajstić information content (AvgIpc) is 2.81. The normalized spacial score (nSPS) is 19.0. The summed E-state index contributed by atoms with van der Waals surface area (Å²) in [7, 11) is 0. The van der Waals surface area contributed by atoms with E-state index in [4.69, 9.17) is 9.47 Å². The van der Waals surface area contributed by atoms with E-state index in [1.807, 2.05) is 26.0 Å². The minimum Gasteiger partial charge on any atom is -0.486 e. The summed E-state index contributed by atoms with van der Waals surface area (Å²) in [6, 6.07) is 12.4. The topological polar surface area (TPSA) is 88.7 Å². The van der Waals surface area contributed by atoms with E-state index in [9.17, 15) is 9.59 Å².